The van der Waals surface area contributed by atoms with E-state index in [-0.39, 0.29) is 17.4 Å². The molecule has 8 nitrogen and oxygen atoms in total. The van der Waals surface area contributed by atoms with Crippen LogP contribution in [0.15, 0.2) is 71.5 Å². The Morgan fingerprint density at radius 2 is 1.74 bits per heavy atom. The second-order valence-electron chi connectivity index (χ2n) is 10.7. The maximum Gasteiger partial charge on any atom is 0.272 e. The van der Waals surface area contributed by atoms with Crippen LogP contribution in [-0.2, 0) is 24.4 Å². The van der Waals surface area contributed by atoms with Gasteiger partial charge in [-0.2, -0.15) is 0 Å². The lowest BCUT2D eigenvalue weighted by Crippen LogP contribution is -2.38. The third kappa shape index (κ3) is 6.40. The van der Waals surface area contributed by atoms with Crippen LogP contribution in [0.2, 0.25) is 5.02 Å². The molecule has 2 amide bonds. The summed E-state index contributed by atoms with van der Waals surface area (Å²) in [5.74, 6) is -0.206. The molecule has 0 bridgehead atoms. The first-order chi connectivity index (χ1) is 20.2. The number of aromatic nitrogens is 2. The normalized spacial score (nSPS) is 14.9. The quantitative estimate of drug-likeness (QED) is 0.326. The number of nitrogens with zero attached hydrogens (tertiary/aromatic N) is 5. The number of carbonyl (C=O) groups excluding carboxylic acids is 2. The van der Waals surface area contributed by atoms with Crippen LogP contribution in [0.1, 0.15) is 47.4 Å². The second kappa shape index (κ2) is 12.9. The standard InChI is InChI=1S/C33H36ClN5O3/c1-4-38-30-14-12-26(19-29(30)35-23(2)32(38)41)33(42)37-18-17-36(21-25-9-6-5-7-10-25)15-8-16-39(24(3)40)31-20-28(34)13-11-27(31)22-37/h5-7,9-14,19-20H,4,8,15-18,21-22H2,1-3H3. The molecule has 218 valence electrons. The van der Waals surface area contributed by atoms with Gasteiger partial charge in [-0.1, -0.05) is 48.0 Å². The number of hydrogen-bond acceptors (Lipinski definition) is 5. The van der Waals surface area contributed by atoms with Crippen LogP contribution in [0.5, 0.6) is 0 Å². The summed E-state index contributed by atoms with van der Waals surface area (Å²) in [6.45, 7) is 9.24. The van der Waals surface area contributed by atoms with E-state index in [1.165, 1.54) is 5.56 Å². The van der Waals surface area contributed by atoms with Crippen molar-refractivity contribution in [1.82, 2.24) is 19.4 Å². The number of hydrogen-bond donors (Lipinski definition) is 0. The van der Waals surface area contributed by atoms with Crippen LogP contribution in [0.25, 0.3) is 11.0 Å². The maximum absolute atomic E-state index is 14.2. The van der Waals surface area contributed by atoms with Crippen LogP contribution in [-0.4, -0.2) is 57.3 Å². The van der Waals surface area contributed by atoms with Gasteiger partial charge in [-0.3, -0.25) is 19.3 Å². The van der Waals surface area contributed by atoms with Crippen molar-refractivity contribution in [3.63, 3.8) is 0 Å². The lowest BCUT2D eigenvalue weighted by atomic mass is 10.1. The number of halogens is 1. The third-order valence-electron chi connectivity index (χ3n) is 7.83. The molecule has 4 aromatic rings. The van der Waals surface area contributed by atoms with E-state index >= 15 is 0 Å². The zero-order chi connectivity index (χ0) is 29.8. The number of carbonyl (C=O) groups is 2. The molecule has 42 heavy (non-hydrogen) atoms. The van der Waals surface area contributed by atoms with E-state index < -0.39 is 0 Å². The molecule has 0 unspecified atom stereocenters. The summed E-state index contributed by atoms with van der Waals surface area (Å²) < 4.78 is 1.68. The SMILES string of the molecule is CCn1c(=O)c(C)nc2cc(C(=O)N3CCN(Cc4ccccc4)CCCN(C(C)=O)c4cc(Cl)ccc4C3)ccc21. The van der Waals surface area contributed by atoms with Crippen LogP contribution in [0.4, 0.5) is 5.69 Å². The van der Waals surface area contributed by atoms with Crippen LogP contribution < -0.4 is 10.5 Å². The topological polar surface area (TPSA) is 78.8 Å². The Hall–Kier alpha value is -4.01. The van der Waals surface area contributed by atoms with E-state index in [9.17, 15) is 14.4 Å². The smallest absolute Gasteiger partial charge is 0.272 e. The van der Waals surface area contributed by atoms with E-state index in [1.807, 2.05) is 42.2 Å². The van der Waals surface area contributed by atoms with Gasteiger partial charge in [0.25, 0.3) is 11.5 Å². The number of aryl methyl sites for hydroxylation is 2. The summed E-state index contributed by atoms with van der Waals surface area (Å²) in [5, 5.41) is 0.538. The molecule has 9 heteroatoms. The largest absolute Gasteiger partial charge is 0.333 e. The van der Waals surface area contributed by atoms with Crippen molar-refractivity contribution in [2.45, 2.75) is 46.8 Å². The highest BCUT2D eigenvalue weighted by Gasteiger charge is 2.24. The number of anilines is 1. The Morgan fingerprint density at radius 3 is 2.48 bits per heavy atom. The highest BCUT2D eigenvalue weighted by atomic mass is 35.5. The average molecular weight is 586 g/mol. The first-order valence-electron chi connectivity index (χ1n) is 14.4. The minimum absolute atomic E-state index is 0.0665. The highest BCUT2D eigenvalue weighted by molar-refractivity contribution is 6.31. The molecule has 1 aliphatic heterocycles. The Labute approximate surface area is 251 Å². The summed E-state index contributed by atoms with van der Waals surface area (Å²) in [6, 6.07) is 21.1. The molecule has 0 fully saturated rings. The molecule has 1 aromatic heterocycles. The van der Waals surface area contributed by atoms with Crippen molar-refractivity contribution in [2.75, 3.05) is 31.1 Å². The van der Waals surface area contributed by atoms with Crippen LogP contribution in [0.3, 0.4) is 0 Å². The molecule has 0 saturated carbocycles. The van der Waals surface area contributed by atoms with Gasteiger partial charge in [0.1, 0.15) is 5.69 Å². The number of amides is 2. The molecule has 0 radical (unpaired) electrons. The van der Waals surface area contributed by atoms with Crippen molar-refractivity contribution >= 4 is 40.1 Å². The molecule has 3 aromatic carbocycles. The van der Waals surface area contributed by atoms with Gasteiger partial charge in [0.15, 0.2) is 0 Å². The van der Waals surface area contributed by atoms with E-state index in [0.29, 0.717) is 60.0 Å². The van der Waals surface area contributed by atoms with Gasteiger partial charge in [-0.05, 0) is 61.7 Å². The highest BCUT2D eigenvalue weighted by Crippen LogP contribution is 2.28. The minimum atomic E-state index is -0.139. The first-order valence-corrected chi connectivity index (χ1v) is 14.8. The molecule has 0 aliphatic carbocycles. The number of fused-ring (bicyclic) bond motifs is 2. The zero-order valence-corrected chi connectivity index (χ0v) is 25.1. The van der Waals surface area contributed by atoms with Crippen molar-refractivity contribution in [2.24, 2.45) is 0 Å². The lowest BCUT2D eigenvalue weighted by Gasteiger charge is -2.28. The van der Waals surface area contributed by atoms with Gasteiger partial charge in [0, 0.05) is 63.3 Å². The van der Waals surface area contributed by atoms with Gasteiger partial charge < -0.3 is 14.4 Å². The molecule has 0 saturated heterocycles. The van der Waals surface area contributed by atoms with Gasteiger partial charge >= 0.3 is 0 Å². The van der Waals surface area contributed by atoms with Gasteiger partial charge in [0.05, 0.1) is 16.7 Å². The Morgan fingerprint density at radius 1 is 0.952 bits per heavy atom. The summed E-state index contributed by atoms with van der Waals surface area (Å²) in [4.78, 5) is 50.0. The summed E-state index contributed by atoms with van der Waals surface area (Å²) >= 11 is 6.40. The predicted molar refractivity (Wildman–Crippen MR) is 167 cm³/mol. The first kappa shape index (κ1) is 29.5. The Balaban J connectivity index is 1.53. The Bertz CT molecular complexity index is 1670. The molecule has 0 N–H and O–H groups in total. The van der Waals surface area contributed by atoms with E-state index in [0.717, 1.165) is 30.8 Å². The average Bonchev–Trinajstić information content (AvgIpc) is 3.01. The minimum Gasteiger partial charge on any atom is -0.333 e. The van der Waals surface area contributed by atoms with Gasteiger partial charge in [-0.25, -0.2) is 4.98 Å². The number of benzene rings is 3. The zero-order valence-electron chi connectivity index (χ0n) is 24.3. The van der Waals surface area contributed by atoms with Crippen molar-refractivity contribution in [3.8, 4) is 0 Å². The van der Waals surface area contributed by atoms with Gasteiger partial charge in [0.2, 0.25) is 5.91 Å². The van der Waals surface area contributed by atoms with E-state index in [1.54, 1.807) is 47.6 Å². The summed E-state index contributed by atoms with van der Waals surface area (Å²) in [6.07, 6.45) is 0.779. The van der Waals surface area contributed by atoms with Crippen LogP contribution >= 0.6 is 11.6 Å². The van der Waals surface area contributed by atoms with E-state index in [2.05, 4.69) is 22.0 Å². The summed E-state index contributed by atoms with van der Waals surface area (Å²) in [7, 11) is 0. The fraction of sp³-hybridized carbons (Fsp3) is 0.333. The fourth-order valence-corrected chi connectivity index (χ4v) is 5.82. The van der Waals surface area contributed by atoms with Crippen molar-refractivity contribution in [3.05, 3.63) is 104 Å². The predicted octanol–water partition coefficient (Wildman–Crippen LogP) is 5.28. The van der Waals surface area contributed by atoms with E-state index in [4.69, 9.17) is 11.6 Å². The lowest BCUT2D eigenvalue weighted by molar-refractivity contribution is -0.116. The molecular weight excluding hydrogens is 550 g/mol. The van der Waals surface area contributed by atoms with Crippen LogP contribution in [0, 0.1) is 6.92 Å². The number of rotatable bonds is 4. The monoisotopic (exact) mass is 585 g/mol. The second-order valence-corrected chi connectivity index (χ2v) is 11.2. The van der Waals surface area contributed by atoms with Crippen molar-refractivity contribution < 1.29 is 9.59 Å². The maximum atomic E-state index is 14.2. The molecule has 1 aliphatic rings. The Kier molecular flexibility index (Phi) is 9.04. The molecule has 0 atom stereocenters. The molecule has 2 heterocycles. The van der Waals surface area contributed by atoms with Crippen molar-refractivity contribution in [1.29, 1.82) is 0 Å². The summed E-state index contributed by atoms with van der Waals surface area (Å²) in [5.41, 5.74) is 4.87. The third-order valence-corrected chi connectivity index (χ3v) is 8.07. The molecule has 0 spiro atoms. The fourth-order valence-electron chi connectivity index (χ4n) is 5.66. The molecular formula is C33H36ClN5O3. The van der Waals surface area contributed by atoms with Gasteiger partial charge in [-0.15, -0.1) is 0 Å². The molecule has 5 rings (SSSR count).